The van der Waals surface area contributed by atoms with Gasteiger partial charge in [-0.3, -0.25) is 24.5 Å². The zero-order valence-corrected chi connectivity index (χ0v) is 10.1. The van der Waals surface area contributed by atoms with Crippen LogP contribution in [-0.2, 0) is 6.54 Å². The second-order valence-corrected chi connectivity index (χ2v) is 4.48. The Morgan fingerprint density at radius 1 is 1.56 bits per heavy atom. The van der Waals surface area contributed by atoms with Crippen LogP contribution < -0.4 is 11.2 Å². The highest BCUT2D eigenvalue weighted by Crippen LogP contribution is 2.10. The van der Waals surface area contributed by atoms with Crippen molar-refractivity contribution in [2.75, 3.05) is 0 Å². The van der Waals surface area contributed by atoms with Crippen LogP contribution in [0, 0.1) is 17.0 Å². The zero-order chi connectivity index (χ0) is 13.3. The molecule has 2 aromatic heterocycles. The second-order valence-electron chi connectivity index (χ2n) is 3.54. The third kappa shape index (κ3) is 2.35. The maximum atomic E-state index is 11.5. The van der Waals surface area contributed by atoms with Gasteiger partial charge in [-0.25, -0.2) is 9.78 Å². The van der Waals surface area contributed by atoms with Crippen LogP contribution in [0.25, 0.3) is 0 Å². The number of thiazole rings is 1. The normalized spacial score (nSPS) is 10.5. The fourth-order valence-electron chi connectivity index (χ4n) is 1.37. The summed E-state index contributed by atoms with van der Waals surface area (Å²) in [6.07, 6.45) is 0.928. The maximum Gasteiger partial charge on any atom is 0.350 e. The number of aryl methyl sites for hydroxylation is 1. The van der Waals surface area contributed by atoms with E-state index in [9.17, 15) is 19.7 Å². The van der Waals surface area contributed by atoms with Crippen LogP contribution in [0.2, 0.25) is 0 Å². The summed E-state index contributed by atoms with van der Waals surface area (Å²) in [5.41, 5.74) is -1.56. The first kappa shape index (κ1) is 12.2. The van der Waals surface area contributed by atoms with Crippen LogP contribution in [0.4, 0.5) is 5.69 Å². The van der Waals surface area contributed by atoms with Crippen molar-refractivity contribution in [1.29, 1.82) is 0 Å². The Bertz CT molecular complexity index is 714. The molecule has 0 saturated heterocycles. The Balaban J connectivity index is 2.45. The lowest BCUT2D eigenvalue weighted by atomic mass is 10.5. The zero-order valence-electron chi connectivity index (χ0n) is 9.24. The van der Waals surface area contributed by atoms with Crippen molar-refractivity contribution < 1.29 is 4.92 Å². The summed E-state index contributed by atoms with van der Waals surface area (Å²) in [6, 6.07) is 0. The lowest BCUT2D eigenvalue weighted by Gasteiger charge is -2.01. The molecular formula is C9H8N4O4S. The van der Waals surface area contributed by atoms with E-state index in [1.807, 2.05) is 4.98 Å². The first-order valence-electron chi connectivity index (χ1n) is 4.86. The van der Waals surface area contributed by atoms with E-state index in [4.69, 9.17) is 0 Å². The van der Waals surface area contributed by atoms with Crippen LogP contribution in [0.1, 0.15) is 10.7 Å². The number of nitro groups is 1. The fraction of sp³-hybridized carbons (Fsp3) is 0.222. The minimum atomic E-state index is -1.00. The number of nitrogens with one attached hydrogen (secondary N) is 1. The van der Waals surface area contributed by atoms with Crippen LogP contribution >= 0.6 is 11.3 Å². The summed E-state index contributed by atoms with van der Waals surface area (Å²) in [5.74, 6) is 0. The Morgan fingerprint density at radius 3 is 2.83 bits per heavy atom. The van der Waals surface area contributed by atoms with E-state index in [0.29, 0.717) is 5.01 Å². The molecule has 0 amide bonds. The summed E-state index contributed by atoms with van der Waals surface area (Å²) < 4.78 is 1.05. The molecule has 0 radical (unpaired) electrons. The second kappa shape index (κ2) is 4.53. The molecule has 0 aliphatic carbocycles. The summed E-state index contributed by atoms with van der Waals surface area (Å²) in [4.78, 5) is 38.5. The lowest BCUT2D eigenvalue weighted by Crippen LogP contribution is -2.31. The molecule has 0 fully saturated rings. The van der Waals surface area contributed by atoms with Gasteiger partial charge >= 0.3 is 16.9 Å². The predicted molar refractivity (Wildman–Crippen MR) is 63.9 cm³/mol. The van der Waals surface area contributed by atoms with E-state index in [1.54, 1.807) is 12.3 Å². The van der Waals surface area contributed by atoms with Crippen molar-refractivity contribution in [3.8, 4) is 0 Å². The van der Waals surface area contributed by atoms with Crippen LogP contribution in [0.3, 0.4) is 0 Å². The molecule has 0 aliphatic heterocycles. The SMILES string of the molecule is Cc1csc(Cn2cc([N+](=O)[O-])c(=O)[nH]c2=O)n1. The standard InChI is InChI=1S/C9H8N4O4S/c1-5-4-18-7(10-5)3-12-2-6(13(16)17)8(14)11-9(12)15/h2,4H,3H2,1H3,(H,11,14,15). The molecule has 9 heteroatoms. The van der Waals surface area contributed by atoms with Gasteiger partial charge in [0.1, 0.15) is 5.01 Å². The first-order chi connectivity index (χ1) is 8.47. The monoisotopic (exact) mass is 268 g/mol. The van der Waals surface area contributed by atoms with Crippen molar-refractivity contribution in [1.82, 2.24) is 14.5 Å². The summed E-state index contributed by atoms with van der Waals surface area (Å²) >= 11 is 1.34. The van der Waals surface area contributed by atoms with Crippen LogP contribution in [0.15, 0.2) is 21.2 Å². The van der Waals surface area contributed by atoms with E-state index in [1.165, 1.54) is 11.3 Å². The highest BCUT2D eigenvalue weighted by atomic mass is 32.1. The van der Waals surface area contributed by atoms with E-state index in [0.717, 1.165) is 16.5 Å². The number of hydrogen-bond acceptors (Lipinski definition) is 6. The minimum Gasteiger partial charge on any atom is -0.287 e. The molecule has 8 nitrogen and oxygen atoms in total. The van der Waals surface area contributed by atoms with Crippen LogP contribution in [0.5, 0.6) is 0 Å². The Labute approximate surface area is 104 Å². The third-order valence-electron chi connectivity index (χ3n) is 2.16. The van der Waals surface area contributed by atoms with Gasteiger partial charge in [-0.15, -0.1) is 11.3 Å². The Kier molecular flexibility index (Phi) is 3.06. The van der Waals surface area contributed by atoms with Gasteiger partial charge < -0.3 is 0 Å². The van der Waals surface area contributed by atoms with E-state index in [-0.39, 0.29) is 6.54 Å². The van der Waals surface area contributed by atoms with Gasteiger partial charge in [-0.1, -0.05) is 0 Å². The Morgan fingerprint density at radius 2 is 2.28 bits per heavy atom. The molecule has 0 aromatic carbocycles. The van der Waals surface area contributed by atoms with Crippen LogP contribution in [-0.4, -0.2) is 19.5 Å². The van der Waals surface area contributed by atoms with Crippen molar-refractivity contribution in [2.45, 2.75) is 13.5 Å². The number of aromatic nitrogens is 3. The predicted octanol–water partition coefficient (Wildman–Crippen LogP) is 0.258. The van der Waals surface area contributed by atoms with Gasteiger partial charge in [0.2, 0.25) is 0 Å². The maximum absolute atomic E-state index is 11.5. The molecule has 1 N–H and O–H groups in total. The highest BCUT2D eigenvalue weighted by Gasteiger charge is 2.15. The van der Waals surface area contributed by atoms with E-state index in [2.05, 4.69) is 4.98 Å². The number of nitrogens with zero attached hydrogens (tertiary/aromatic N) is 3. The summed E-state index contributed by atoms with van der Waals surface area (Å²) in [5, 5.41) is 13.0. The quantitative estimate of drug-likeness (QED) is 0.634. The molecule has 0 bridgehead atoms. The third-order valence-corrected chi connectivity index (χ3v) is 3.11. The van der Waals surface area contributed by atoms with Crippen molar-refractivity contribution in [2.24, 2.45) is 0 Å². The van der Waals surface area contributed by atoms with Crippen molar-refractivity contribution >= 4 is 17.0 Å². The number of H-pyrrole nitrogens is 1. The van der Waals surface area contributed by atoms with Crippen molar-refractivity contribution in [3.05, 3.63) is 53.2 Å². The average molecular weight is 268 g/mol. The molecule has 0 aliphatic rings. The fourth-order valence-corrected chi connectivity index (χ4v) is 2.14. The molecule has 0 spiro atoms. The number of aromatic amines is 1. The number of hydrogen-bond donors (Lipinski definition) is 1. The molecule has 0 saturated carbocycles. The average Bonchev–Trinajstić information content (AvgIpc) is 2.67. The molecule has 94 valence electrons. The smallest absolute Gasteiger partial charge is 0.287 e. The van der Waals surface area contributed by atoms with Gasteiger partial charge in [0, 0.05) is 11.1 Å². The molecule has 2 rings (SSSR count). The topological polar surface area (TPSA) is 111 Å². The molecule has 0 unspecified atom stereocenters. The van der Waals surface area contributed by atoms with Gasteiger partial charge in [-0.2, -0.15) is 0 Å². The molecule has 2 heterocycles. The first-order valence-corrected chi connectivity index (χ1v) is 5.74. The molecule has 18 heavy (non-hydrogen) atoms. The molecule has 2 aromatic rings. The Hall–Kier alpha value is -2.29. The van der Waals surface area contributed by atoms with Gasteiger partial charge in [0.05, 0.1) is 17.7 Å². The molecular weight excluding hydrogens is 260 g/mol. The lowest BCUT2D eigenvalue weighted by molar-refractivity contribution is -0.386. The van der Waals surface area contributed by atoms with Gasteiger partial charge in [0.25, 0.3) is 0 Å². The minimum absolute atomic E-state index is 0.0922. The summed E-state index contributed by atoms with van der Waals surface area (Å²) in [6.45, 7) is 1.90. The van der Waals surface area contributed by atoms with E-state index < -0.39 is 21.9 Å². The molecule has 0 atom stereocenters. The van der Waals surface area contributed by atoms with E-state index >= 15 is 0 Å². The van der Waals surface area contributed by atoms with Crippen molar-refractivity contribution in [3.63, 3.8) is 0 Å². The number of rotatable bonds is 3. The summed E-state index contributed by atoms with van der Waals surface area (Å²) in [7, 11) is 0. The highest BCUT2D eigenvalue weighted by molar-refractivity contribution is 7.09. The largest absolute Gasteiger partial charge is 0.350 e. The van der Waals surface area contributed by atoms with Gasteiger partial charge in [0.15, 0.2) is 0 Å². The van der Waals surface area contributed by atoms with Gasteiger partial charge in [-0.05, 0) is 6.92 Å².